The van der Waals surface area contributed by atoms with Crippen LogP contribution in [0.15, 0.2) is 18.2 Å². The molecule has 0 atom stereocenters. The number of carbonyl (C=O) groups is 1. The normalized spacial score (nSPS) is 10.0. The third kappa shape index (κ3) is 2.56. The molecule has 0 bridgehead atoms. The van der Waals surface area contributed by atoms with Crippen molar-refractivity contribution in [3.05, 3.63) is 23.2 Å². The van der Waals surface area contributed by atoms with Crippen LogP contribution in [0, 0.1) is 0 Å². The molecule has 6 heteroatoms. The summed E-state index contributed by atoms with van der Waals surface area (Å²) in [6, 6.07) is 4.29. The number of ether oxygens (including phenoxy) is 1. The summed E-state index contributed by atoms with van der Waals surface area (Å²) in [4.78, 5) is 10.1. The van der Waals surface area contributed by atoms with E-state index in [0.717, 1.165) is 0 Å². The molecule has 1 rings (SSSR count). The first kappa shape index (κ1) is 10.7. The van der Waals surface area contributed by atoms with Crippen molar-refractivity contribution < 1.29 is 18.3 Å². The Labute approximate surface area is 83.6 Å². The van der Waals surface area contributed by atoms with E-state index in [-0.39, 0.29) is 16.5 Å². The number of rotatable bonds is 4. The molecule has 0 fully saturated rings. The van der Waals surface area contributed by atoms with Crippen LogP contribution < -0.4 is 10.1 Å². The molecule has 0 radical (unpaired) electrons. The van der Waals surface area contributed by atoms with Gasteiger partial charge < -0.3 is 10.1 Å². The minimum Gasteiger partial charge on any atom is -0.431 e. The Morgan fingerprint density at radius 1 is 1.50 bits per heavy atom. The largest absolute Gasteiger partial charge is 0.431 e. The van der Waals surface area contributed by atoms with Crippen molar-refractivity contribution in [1.29, 1.82) is 0 Å². The zero-order valence-corrected chi connectivity index (χ0v) is 7.59. The quantitative estimate of drug-likeness (QED) is 0.794. The van der Waals surface area contributed by atoms with Crippen LogP contribution in [-0.4, -0.2) is 13.0 Å². The Morgan fingerprint density at radius 3 is 2.79 bits per heavy atom. The molecular weight excluding hydrogens is 216 g/mol. The highest BCUT2D eigenvalue weighted by Gasteiger charge is 2.12. The second-order valence-corrected chi connectivity index (χ2v) is 2.66. The minimum absolute atomic E-state index is 0.0113. The van der Waals surface area contributed by atoms with E-state index in [1.54, 1.807) is 0 Å². The number of carbonyl (C=O) groups excluding carboxylic acids is 1. The van der Waals surface area contributed by atoms with Crippen molar-refractivity contribution in [2.24, 2.45) is 0 Å². The van der Waals surface area contributed by atoms with Gasteiger partial charge in [-0.2, -0.15) is 8.78 Å². The molecule has 1 aromatic rings. The summed E-state index contributed by atoms with van der Waals surface area (Å²) in [5, 5.41) is 2.21. The van der Waals surface area contributed by atoms with Crippen LogP contribution in [0.2, 0.25) is 5.02 Å². The molecule has 0 unspecified atom stereocenters. The third-order valence-corrected chi connectivity index (χ3v) is 1.69. The fourth-order valence-corrected chi connectivity index (χ4v) is 1.11. The van der Waals surface area contributed by atoms with Gasteiger partial charge in [-0.05, 0) is 12.1 Å². The molecule has 14 heavy (non-hydrogen) atoms. The minimum atomic E-state index is -2.98. The number of para-hydroxylation sites is 1. The second-order valence-electron chi connectivity index (χ2n) is 2.26. The molecule has 1 N–H and O–H groups in total. The van der Waals surface area contributed by atoms with Crippen molar-refractivity contribution in [2.45, 2.75) is 6.61 Å². The average Bonchev–Trinajstić information content (AvgIpc) is 2.11. The molecule has 0 heterocycles. The van der Waals surface area contributed by atoms with Crippen molar-refractivity contribution >= 4 is 23.7 Å². The monoisotopic (exact) mass is 221 g/mol. The number of halogens is 3. The number of hydrogen-bond acceptors (Lipinski definition) is 2. The Morgan fingerprint density at radius 2 is 2.21 bits per heavy atom. The van der Waals surface area contributed by atoms with Gasteiger partial charge in [0.2, 0.25) is 6.41 Å². The fraction of sp³-hybridized carbons (Fsp3) is 0.125. The summed E-state index contributed by atoms with van der Waals surface area (Å²) in [5.41, 5.74) is 0.104. The molecule has 0 aliphatic heterocycles. The number of nitrogens with one attached hydrogen (secondary N) is 1. The van der Waals surface area contributed by atoms with Gasteiger partial charge in [0, 0.05) is 0 Å². The Balaban J connectivity index is 3.01. The van der Waals surface area contributed by atoms with E-state index >= 15 is 0 Å². The van der Waals surface area contributed by atoms with E-state index < -0.39 is 6.61 Å². The summed E-state index contributed by atoms with van der Waals surface area (Å²) >= 11 is 5.59. The highest BCUT2D eigenvalue weighted by molar-refractivity contribution is 6.32. The summed E-state index contributed by atoms with van der Waals surface area (Å²) < 4.78 is 28.0. The van der Waals surface area contributed by atoms with E-state index in [1.807, 2.05) is 0 Å². The van der Waals surface area contributed by atoms with Crippen LogP contribution in [0.1, 0.15) is 0 Å². The third-order valence-electron chi connectivity index (χ3n) is 1.39. The molecule has 0 aliphatic rings. The maximum atomic E-state index is 11.9. The number of anilines is 1. The average molecular weight is 222 g/mol. The van der Waals surface area contributed by atoms with Gasteiger partial charge >= 0.3 is 6.61 Å². The Hall–Kier alpha value is -1.36. The van der Waals surface area contributed by atoms with Gasteiger partial charge in [-0.1, -0.05) is 17.7 Å². The van der Waals surface area contributed by atoms with Crippen LogP contribution in [0.5, 0.6) is 5.75 Å². The lowest BCUT2D eigenvalue weighted by atomic mass is 10.3. The maximum absolute atomic E-state index is 11.9. The molecule has 76 valence electrons. The van der Waals surface area contributed by atoms with E-state index in [4.69, 9.17) is 11.6 Å². The number of alkyl halides is 2. The van der Waals surface area contributed by atoms with Crippen LogP contribution in [-0.2, 0) is 4.79 Å². The van der Waals surface area contributed by atoms with Gasteiger partial charge in [0.15, 0.2) is 5.75 Å². The predicted molar refractivity (Wildman–Crippen MR) is 47.8 cm³/mol. The Bertz CT molecular complexity index is 333. The number of amides is 1. The van der Waals surface area contributed by atoms with Gasteiger partial charge in [0.25, 0.3) is 0 Å². The first-order valence-electron chi connectivity index (χ1n) is 3.58. The zero-order chi connectivity index (χ0) is 10.6. The Kier molecular flexibility index (Phi) is 3.64. The second kappa shape index (κ2) is 4.76. The molecule has 1 aromatic carbocycles. The fourth-order valence-electron chi connectivity index (χ4n) is 0.895. The van der Waals surface area contributed by atoms with E-state index in [2.05, 4.69) is 10.1 Å². The summed E-state index contributed by atoms with van der Waals surface area (Å²) in [6.45, 7) is -2.98. The molecule has 0 saturated carbocycles. The van der Waals surface area contributed by atoms with Crippen molar-refractivity contribution in [1.82, 2.24) is 0 Å². The molecule has 0 aliphatic carbocycles. The smallest absolute Gasteiger partial charge is 0.387 e. The number of hydrogen-bond donors (Lipinski definition) is 1. The molecule has 3 nitrogen and oxygen atoms in total. The first-order valence-corrected chi connectivity index (χ1v) is 3.96. The highest BCUT2D eigenvalue weighted by Crippen LogP contribution is 2.33. The van der Waals surface area contributed by atoms with Crippen LogP contribution >= 0.6 is 11.6 Å². The summed E-state index contributed by atoms with van der Waals surface area (Å²) in [6.07, 6.45) is 0.351. The van der Waals surface area contributed by atoms with E-state index in [0.29, 0.717) is 6.41 Å². The maximum Gasteiger partial charge on any atom is 0.387 e. The molecule has 0 aromatic heterocycles. The highest BCUT2D eigenvalue weighted by atomic mass is 35.5. The van der Waals surface area contributed by atoms with Gasteiger partial charge in [0.05, 0.1) is 10.7 Å². The molecular formula is C8H6ClF2NO2. The predicted octanol–water partition coefficient (Wildman–Crippen LogP) is 2.51. The van der Waals surface area contributed by atoms with Gasteiger partial charge in [-0.15, -0.1) is 0 Å². The molecule has 1 amide bonds. The van der Waals surface area contributed by atoms with Crippen molar-refractivity contribution in [3.63, 3.8) is 0 Å². The number of benzene rings is 1. The first-order chi connectivity index (χ1) is 6.65. The zero-order valence-electron chi connectivity index (χ0n) is 6.84. The lowest BCUT2D eigenvalue weighted by molar-refractivity contribution is -0.105. The SMILES string of the molecule is O=CNc1cccc(Cl)c1OC(F)F. The summed E-state index contributed by atoms with van der Waals surface area (Å²) in [5.74, 6) is -0.240. The van der Waals surface area contributed by atoms with Gasteiger partial charge in [0.1, 0.15) is 0 Å². The van der Waals surface area contributed by atoms with Gasteiger partial charge in [-0.3, -0.25) is 4.79 Å². The lowest BCUT2D eigenvalue weighted by Gasteiger charge is -2.10. The van der Waals surface area contributed by atoms with Gasteiger partial charge in [-0.25, -0.2) is 0 Å². The van der Waals surface area contributed by atoms with Crippen molar-refractivity contribution in [3.8, 4) is 5.75 Å². The standard InChI is InChI=1S/C8H6ClF2NO2/c9-5-2-1-3-6(12-4-13)7(5)14-8(10)11/h1-4,8H,(H,12,13). The summed E-state index contributed by atoms with van der Waals surface area (Å²) in [7, 11) is 0. The van der Waals surface area contributed by atoms with Crippen molar-refractivity contribution in [2.75, 3.05) is 5.32 Å². The molecule has 0 saturated heterocycles. The topological polar surface area (TPSA) is 38.3 Å². The van der Waals surface area contributed by atoms with Crippen LogP contribution in [0.4, 0.5) is 14.5 Å². The van der Waals surface area contributed by atoms with E-state index in [1.165, 1.54) is 18.2 Å². The van der Waals surface area contributed by atoms with Crippen LogP contribution in [0.25, 0.3) is 0 Å². The lowest BCUT2D eigenvalue weighted by Crippen LogP contribution is -2.05. The van der Waals surface area contributed by atoms with E-state index in [9.17, 15) is 13.6 Å². The van der Waals surface area contributed by atoms with Crippen LogP contribution in [0.3, 0.4) is 0 Å². The molecule has 0 spiro atoms.